The van der Waals surface area contributed by atoms with Gasteiger partial charge in [-0.25, -0.2) is 14.4 Å². The first-order chi connectivity index (χ1) is 39.3. The summed E-state index contributed by atoms with van der Waals surface area (Å²) in [7, 11) is 0. The number of carbonyl (C=O) groups excluding carboxylic acids is 3. The first-order valence-corrected chi connectivity index (χ1v) is 25.5. The van der Waals surface area contributed by atoms with E-state index in [1.54, 1.807) is 0 Å². The van der Waals surface area contributed by atoms with Crippen molar-refractivity contribution in [2.24, 2.45) is 0 Å². The first kappa shape index (κ1) is 56.6. The van der Waals surface area contributed by atoms with Gasteiger partial charge < -0.3 is 14.2 Å². The zero-order valence-corrected chi connectivity index (χ0v) is 43.6. The molecule has 10 nitrogen and oxygen atoms in total. The third kappa shape index (κ3) is 15.0. The Bertz CT molecular complexity index is 3060. The van der Waals surface area contributed by atoms with Crippen molar-refractivity contribution in [1.82, 2.24) is 0 Å². The zero-order chi connectivity index (χ0) is 56.3. The largest absolute Gasteiger partial charge is 0.462 e. The first-order valence-electron chi connectivity index (χ1n) is 25.5. The second kappa shape index (κ2) is 29.8. The quantitative estimate of drug-likeness (QED) is 0.0189. The molecule has 8 rings (SSSR count). The van der Waals surface area contributed by atoms with E-state index in [-0.39, 0.29) is 36.5 Å². The lowest BCUT2D eigenvalue weighted by molar-refractivity contribution is -0.146. The lowest BCUT2D eigenvalue weighted by Crippen LogP contribution is -2.17. The summed E-state index contributed by atoms with van der Waals surface area (Å²) in [6, 6.07) is 82.9. The molecule has 10 heteroatoms. The van der Waals surface area contributed by atoms with Gasteiger partial charge in [0.1, 0.15) is 54.2 Å². The van der Waals surface area contributed by atoms with Gasteiger partial charge in [0.25, 0.3) is 0 Å². The van der Waals surface area contributed by atoms with E-state index in [0.29, 0.717) is 63.0 Å². The van der Waals surface area contributed by atoms with E-state index in [0.717, 1.165) is 27.8 Å². The van der Waals surface area contributed by atoms with Gasteiger partial charge in [-0.15, -0.1) is 0 Å². The Kier molecular flexibility index (Phi) is 21.1. The minimum absolute atomic E-state index is 0.0516. The van der Waals surface area contributed by atoms with E-state index >= 15 is 0 Å². The molecule has 0 bridgehead atoms. The zero-order valence-electron chi connectivity index (χ0n) is 43.6. The molecule has 0 radical (unpaired) electrons. The van der Waals surface area contributed by atoms with Gasteiger partial charge in [0.2, 0.25) is 0 Å². The van der Waals surface area contributed by atoms with E-state index in [9.17, 15) is 35.4 Å². The minimum Gasteiger partial charge on any atom is -0.462 e. The Morgan fingerprint density at radius 1 is 0.300 bits per heavy atom. The minimum atomic E-state index is -0.841. The molecule has 0 fully saturated rings. The van der Waals surface area contributed by atoms with Crippen LogP contribution in [0.5, 0.6) is 0 Å². The van der Waals surface area contributed by atoms with Crippen LogP contribution in [-0.4, -0.2) is 37.7 Å². The topological polar surface area (TPSA) is 174 Å². The van der Waals surface area contributed by atoms with Gasteiger partial charge in [-0.3, -0.25) is 0 Å². The summed E-state index contributed by atoms with van der Waals surface area (Å²) in [6.07, 6.45) is 0.909. The molecule has 0 saturated carbocycles. The Morgan fingerprint density at radius 2 is 0.487 bits per heavy atom. The van der Waals surface area contributed by atoms with Crippen molar-refractivity contribution in [3.05, 3.63) is 322 Å². The summed E-state index contributed by atoms with van der Waals surface area (Å²) in [6.45, 7) is 3.69. The Hall–Kier alpha value is -11.2. The van der Waals surface area contributed by atoms with Crippen LogP contribution in [0.2, 0.25) is 0 Å². The van der Waals surface area contributed by atoms with Gasteiger partial charge in [-0.05, 0) is 62.9 Å². The van der Waals surface area contributed by atoms with Gasteiger partial charge in [0.05, 0.1) is 12.2 Å². The van der Waals surface area contributed by atoms with Crippen molar-refractivity contribution in [2.75, 3.05) is 19.8 Å². The standard InChI is InChI=1S/C36H28N2O2.C34H24N2O4/c1-27(32(25-37)34(28-16-6-2-7-17-28)29-18-8-3-9-19-29)15-14-24-40-36(39)33(26-38)35(30-20-10-4-11-21-30)31-22-12-5-13-23-31;35-23-29(31(25-13-5-1-6-14-25)26-15-7-2-8-16-26)33(37)39-21-22-40-34(38)30(24-36)32(27-17-9-3-10-18-27)28-19-11-4-12-20-28/h2-13,16-23H,1,14-15,24H2;1-20H,21-22H2. The number of nitrogens with zero attached hydrogens (tertiary/aromatic N) is 4. The van der Waals surface area contributed by atoms with Crippen LogP contribution >= 0.6 is 0 Å². The molecule has 388 valence electrons. The normalized spacial score (nSPS) is 9.90. The number of rotatable bonds is 19. The van der Waals surface area contributed by atoms with E-state index < -0.39 is 17.9 Å². The third-order valence-corrected chi connectivity index (χ3v) is 12.3. The summed E-state index contributed by atoms with van der Waals surface area (Å²) in [5, 5.41) is 39.8. The number of esters is 3. The number of ether oxygens (including phenoxy) is 3. The molecule has 8 aromatic carbocycles. The van der Waals surface area contributed by atoms with Crippen molar-refractivity contribution in [3.63, 3.8) is 0 Å². The summed E-state index contributed by atoms with van der Waals surface area (Å²) in [4.78, 5) is 39.0. The molecule has 8 aromatic rings. The van der Waals surface area contributed by atoms with Crippen LogP contribution in [0.3, 0.4) is 0 Å². The monoisotopic (exact) mass is 1040 g/mol. The van der Waals surface area contributed by atoms with Crippen LogP contribution in [-0.2, 0) is 28.6 Å². The maximum absolute atomic E-state index is 13.1. The maximum Gasteiger partial charge on any atom is 0.349 e. The van der Waals surface area contributed by atoms with Gasteiger partial charge >= 0.3 is 17.9 Å². The summed E-state index contributed by atoms with van der Waals surface area (Å²) >= 11 is 0. The smallest absolute Gasteiger partial charge is 0.349 e. The van der Waals surface area contributed by atoms with Crippen molar-refractivity contribution in [1.29, 1.82) is 21.0 Å². The van der Waals surface area contributed by atoms with Crippen LogP contribution in [0.15, 0.2) is 277 Å². The van der Waals surface area contributed by atoms with Crippen molar-refractivity contribution in [2.45, 2.75) is 12.8 Å². The van der Waals surface area contributed by atoms with E-state index in [2.05, 4.69) is 18.7 Å². The molecule has 0 aliphatic heterocycles. The SMILES string of the molecule is C=C(CCCOC(=O)C(C#N)=C(c1ccccc1)c1ccccc1)C(C#N)=C(c1ccccc1)c1ccccc1.N#CC(C(=O)OCCOC(=O)C(C#N)=C(c1ccccc1)c1ccccc1)=C(c1ccccc1)c1ccccc1. The van der Waals surface area contributed by atoms with Crippen LogP contribution in [0.1, 0.15) is 57.3 Å². The highest BCUT2D eigenvalue weighted by molar-refractivity contribution is 6.07. The number of benzene rings is 8. The number of nitriles is 4. The van der Waals surface area contributed by atoms with Crippen LogP contribution in [0.4, 0.5) is 0 Å². The Labute approximate surface area is 466 Å². The van der Waals surface area contributed by atoms with Gasteiger partial charge in [0, 0.05) is 22.3 Å². The fourth-order valence-electron chi connectivity index (χ4n) is 8.64. The number of hydrogen-bond donors (Lipinski definition) is 0. The predicted octanol–water partition coefficient (Wildman–Crippen LogP) is 14.0. The van der Waals surface area contributed by atoms with E-state index in [1.807, 2.05) is 255 Å². The fraction of sp³-hybridized carbons (Fsp3) is 0.0714. The maximum atomic E-state index is 13.1. The fourth-order valence-corrected chi connectivity index (χ4v) is 8.64. The van der Waals surface area contributed by atoms with Crippen molar-refractivity contribution >= 4 is 40.2 Å². The van der Waals surface area contributed by atoms with Crippen molar-refractivity contribution < 1.29 is 28.6 Å². The highest BCUT2D eigenvalue weighted by atomic mass is 16.6. The summed E-state index contributed by atoms with van der Waals surface area (Å²) < 4.78 is 16.2. The second-order valence-electron chi connectivity index (χ2n) is 17.5. The molecule has 0 unspecified atom stereocenters. The highest BCUT2D eigenvalue weighted by Crippen LogP contribution is 2.33. The van der Waals surface area contributed by atoms with Crippen molar-refractivity contribution in [3.8, 4) is 24.3 Å². The molecule has 0 aliphatic carbocycles. The average Bonchev–Trinajstić information content (AvgIpc) is 3.53. The van der Waals surface area contributed by atoms with Crippen LogP contribution < -0.4 is 0 Å². The molecule has 0 spiro atoms. The highest BCUT2D eigenvalue weighted by Gasteiger charge is 2.24. The molecular formula is C70H52N4O6. The number of allylic oxidation sites excluding steroid dienone is 2. The van der Waals surface area contributed by atoms with E-state index in [4.69, 9.17) is 14.2 Å². The number of hydrogen-bond acceptors (Lipinski definition) is 10. The predicted molar refractivity (Wildman–Crippen MR) is 309 cm³/mol. The molecule has 0 amide bonds. The Morgan fingerprint density at radius 3 is 0.688 bits per heavy atom. The second-order valence-corrected chi connectivity index (χ2v) is 17.5. The molecule has 80 heavy (non-hydrogen) atoms. The molecule has 0 atom stereocenters. The average molecular weight is 1050 g/mol. The molecule has 0 saturated heterocycles. The molecule has 0 N–H and O–H groups in total. The molecule has 0 heterocycles. The molecule has 0 aromatic heterocycles. The van der Waals surface area contributed by atoms with Crippen LogP contribution in [0.25, 0.3) is 22.3 Å². The van der Waals surface area contributed by atoms with Crippen LogP contribution in [0, 0.1) is 45.3 Å². The van der Waals surface area contributed by atoms with Gasteiger partial charge in [-0.1, -0.05) is 249 Å². The number of carbonyl (C=O) groups is 3. The van der Waals surface area contributed by atoms with E-state index in [1.165, 1.54) is 0 Å². The van der Waals surface area contributed by atoms with Gasteiger partial charge in [-0.2, -0.15) is 21.0 Å². The summed E-state index contributed by atoms with van der Waals surface area (Å²) in [5.41, 5.74) is 9.11. The Balaban J connectivity index is 0.000000231. The molecular weight excluding hydrogens is 993 g/mol. The lowest BCUT2D eigenvalue weighted by atomic mass is 9.89. The lowest BCUT2D eigenvalue weighted by Gasteiger charge is -2.14. The third-order valence-electron chi connectivity index (χ3n) is 12.3. The summed E-state index contributed by atoms with van der Waals surface area (Å²) in [5.74, 6) is -2.36. The molecule has 0 aliphatic rings. The van der Waals surface area contributed by atoms with Gasteiger partial charge in [0.15, 0.2) is 0 Å².